The lowest BCUT2D eigenvalue weighted by molar-refractivity contribution is 0.628. The lowest BCUT2D eigenvalue weighted by Crippen LogP contribution is -2.06. The van der Waals surface area contributed by atoms with E-state index in [1.807, 2.05) is 0 Å². The van der Waals surface area contributed by atoms with Gasteiger partial charge >= 0.3 is 0 Å². The molecule has 2 rings (SSSR count). The summed E-state index contributed by atoms with van der Waals surface area (Å²) in [6.45, 7) is 6.99. The van der Waals surface area contributed by atoms with Crippen LogP contribution in [0, 0.1) is 26.6 Å². The number of hydrogen-bond donors (Lipinski definition) is 2. The van der Waals surface area contributed by atoms with Crippen molar-refractivity contribution in [3.63, 3.8) is 0 Å². The second-order valence-electron chi connectivity index (χ2n) is 4.96. The van der Waals surface area contributed by atoms with Crippen LogP contribution in [0.1, 0.15) is 22.3 Å². The number of anilines is 2. The van der Waals surface area contributed by atoms with Crippen molar-refractivity contribution >= 4 is 11.4 Å². The van der Waals surface area contributed by atoms with Gasteiger partial charge in [0.1, 0.15) is 5.82 Å². The zero-order valence-corrected chi connectivity index (χ0v) is 11.5. The van der Waals surface area contributed by atoms with E-state index in [0.717, 1.165) is 5.69 Å². The molecule has 2 nitrogen and oxygen atoms in total. The van der Waals surface area contributed by atoms with Crippen molar-refractivity contribution in [1.29, 1.82) is 0 Å². The maximum atomic E-state index is 13.0. The average Bonchev–Trinajstić information content (AvgIpc) is 2.30. The van der Waals surface area contributed by atoms with Crippen LogP contribution in [-0.2, 0) is 6.54 Å². The van der Waals surface area contributed by atoms with Gasteiger partial charge in [-0.3, -0.25) is 0 Å². The van der Waals surface area contributed by atoms with Gasteiger partial charge in [-0.2, -0.15) is 0 Å². The molecular weight excluding hydrogens is 239 g/mol. The Kier molecular flexibility index (Phi) is 3.74. The minimum absolute atomic E-state index is 0.314. The van der Waals surface area contributed by atoms with E-state index >= 15 is 0 Å². The standard InChI is InChI=1S/C16H19FN2/c1-10-6-11(2)14(12(3)7-10)9-19-16-5-4-13(17)8-15(16)18/h4-8,19H,9,18H2,1-3H3. The Morgan fingerprint density at radius 3 is 2.26 bits per heavy atom. The molecule has 0 radical (unpaired) electrons. The number of rotatable bonds is 3. The maximum absolute atomic E-state index is 13.0. The highest BCUT2D eigenvalue weighted by Gasteiger charge is 2.05. The van der Waals surface area contributed by atoms with Crippen LogP contribution in [0.25, 0.3) is 0 Å². The molecule has 3 N–H and O–H groups in total. The van der Waals surface area contributed by atoms with E-state index in [-0.39, 0.29) is 5.82 Å². The second kappa shape index (κ2) is 5.31. The van der Waals surface area contributed by atoms with Gasteiger partial charge < -0.3 is 11.1 Å². The largest absolute Gasteiger partial charge is 0.397 e. The van der Waals surface area contributed by atoms with Crippen LogP contribution in [0.15, 0.2) is 30.3 Å². The van der Waals surface area contributed by atoms with Gasteiger partial charge in [0.25, 0.3) is 0 Å². The average molecular weight is 258 g/mol. The molecule has 0 amide bonds. The third-order valence-corrected chi connectivity index (χ3v) is 3.31. The van der Waals surface area contributed by atoms with E-state index < -0.39 is 0 Å². The van der Waals surface area contributed by atoms with Crippen molar-refractivity contribution in [3.8, 4) is 0 Å². The van der Waals surface area contributed by atoms with E-state index in [1.54, 1.807) is 6.07 Å². The fourth-order valence-corrected chi connectivity index (χ4v) is 2.37. The molecule has 0 aliphatic heterocycles. The van der Waals surface area contributed by atoms with Gasteiger partial charge in [-0.15, -0.1) is 0 Å². The van der Waals surface area contributed by atoms with E-state index in [2.05, 4.69) is 38.2 Å². The monoisotopic (exact) mass is 258 g/mol. The number of nitrogens with two attached hydrogens (primary N) is 1. The van der Waals surface area contributed by atoms with Crippen LogP contribution in [0.3, 0.4) is 0 Å². The van der Waals surface area contributed by atoms with Crippen molar-refractivity contribution < 1.29 is 4.39 Å². The molecule has 0 aliphatic carbocycles. The fraction of sp³-hybridized carbons (Fsp3) is 0.250. The minimum atomic E-state index is -0.314. The van der Waals surface area contributed by atoms with Gasteiger partial charge in [0.2, 0.25) is 0 Å². The summed E-state index contributed by atoms with van der Waals surface area (Å²) in [4.78, 5) is 0. The van der Waals surface area contributed by atoms with Gasteiger partial charge in [-0.05, 0) is 55.7 Å². The molecule has 2 aromatic rings. The quantitative estimate of drug-likeness (QED) is 0.818. The highest BCUT2D eigenvalue weighted by molar-refractivity contribution is 5.66. The third-order valence-electron chi connectivity index (χ3n) is 3.31. The zero-order valence-electron chi connectivity index (χ0n) is 11.5. The molecule has 0 heterocycles. The van der Waals surface area contributed by atoms with Gasteiger partial charge in [-0.25, -0.2) is 4.39 Å². The van der Waals surface area contributed by atoms with Crippen LogP contribution < -0.4 is 11.1 Å². The van der Waals surface area contributed by atoms with Crippen molar-refractivity contribution in [2.75, 3.05) is 11.1 Å². The number of aryl methyl sites for hydroxylation is 3. The molecule has 0 atom stereocenters. The summed E-state index contributed by atoms with van der Waals surface area (Å²) in [5.74, 6) is -0.314. The topological polar surface area (TPSA) is 38.0 Å². The van der Waals surface area contributed by atoms with Crippen LogP contribution in [0.4, 0.5) is 15.8 Å². The van der Waals surface area contributed by atoms with Gasteiger partial charge in [0, 0.05) is 6.54 Å². The first-order valence-electron chi connectivity index (χ1n) is 6.33. The SMILES string of the molecule is Cc1cc(C)c(CNc2ccc(F)cc2N)c(C)c1. The Balaban J connectivity index is 2.19. The number of hydrogen-bond acceptors (Lipinski definition) is 2. The van der Waals surface area contributed by atoms with Crippen LogP contribution in [0.5, 0.6) is 0 Å². The molecular formula is C16H19FN2. The molecule has 2 aromatic carbocycles. The minimum Gasteiger partial charge on any atom is -0.397 e. The molecule has 0 bridgehead atoms. The lowest BCUT2D eigenvalue weighted by Gasteiger charge is -2.14. The van der Waals surface area contributed by atoms with E-state index in [4.69, 9.17) is 5.73 Å². The molecule has 0 aromatic heterocycles. The third kappa shape index (κ3) is 3.05. The Labute approximate surface area is 113 Å². The molecule has 0 saturated heterocycles. The van der Waals surface area contributed by atoms with Crippen LogP contribution in [0.2, 0.25) is 0 Å². The Morgan fingerprint density at radius 1 is 1.05 bits per heavy atom. The highest BCUT2D eigenvalue weighted by atomic mass is 19.1. The van der Waals surface area contributed by atoms with Gasteiger partial charge in [0.15, 0.2) is 0 Å². The van der Waals surface area contributed by atoms with Crippen LogP contribution in [-0.4, -0.2) is 0 Å². The second-order valence-corrected chi connectivity index (χ2v) is 4.96. The summed E-state index contributed by atoms with van der Waals surface area (Å²) in [5, 5.41) is 3.27. The Hall–Kier alpha value is -2.03. The smallest absolute Gasteiger partial charge is 0.125 e. The first-order chi connectivity index (χ1) is 8.97. The van der Waals surface area contributed by atoms with Crippen molar-refractivity contribution in [2.45, 2.75) is 27.3 Å². The molecule has 100 valence electrons. The number of nitrogens with one attached hydrogen (secondary N) is 1. The molecule has 19 heavy (non-hydrogen) atoms. The van der Waals surface area contributed by atoms with E-state index in [1.165, 1.54) is 34.4 Å². The summed E-state index contributed by atoms with van der Waals surface area (Å²) < 4.78 is 13.0. The van der Waals surface area contributed by atoms with E-state index in [0.29, 0.717) is 12.2 Å². The number of nitrogen functional groups attached to an aromatic ring is 1. The number of halogens is 1. The molecule has 0 fully saturated rings. The summed E-state index contributed by atoms with van der Waals surface area (Å²) >= 11 is 0. The van der Waals surface area contributed by atoms with Crippen molar-refractivity contribution in [2.24, 2.45) is 0 Å². The lowest BCUT2D eigenvalue weighted by atomic mass is 10.00. The molecule has 0 spiro atoms. The maximum Gasteiger partial charge on any atom is 0.125 e. The first kappa shape index (κ1) is 13.4. The molecule has 0 unspecified atom stereocenters. The molecule has 0 saturated carbocycles. The van der Waals surface area contributed by atoms with Crippen molar-refractivity contribution in [1.82, 2.24) is 0 Å². The predicted molar refractivity (Wildman–Crippen MR) is 78.8 cm³/mol. The normalized spacial score (nSPS) is 10.5. The first-order valence-corrected chi connectivity index (χ1v) is 6.33. The summed E-state index contributed by atoms with van der Waals surface area (Å²) in [6.07, 6.45) is 0. The Bertz CT molecular complexity index is 583. The molecule has 3 heteroatoms. The van der Waals surface area contributed by atoms with Gasteiger partial charge in [-0.1, -0.05) is 17.7 Å². The zero-order chi connectivity index (χ0) is 14.0. The van der Waals surface area contributed by atoms with Crippen LogP contribution >= 0.6 is 0 Å². The predicted octanol–water partition coefficient (Wildman–Crippen LogP) is 3.95. The summed E-state index contributed by atoms with van der Waals surface area (Å²) in [5.41, 5.74) is 12.0. The Morgan fingerprint density at radius 2 is 1.68 bits per heavy atom. The highest BCUT2D eigenvalue weighted by Crippen LogP contribution is 2.22. The number of benzene rings is 2. The summed E-state index contributed by atoms with van der Waals surface area (Å²) in [6, 6.07) is 8.74. The fourth-order valence-electron chi connectivity index (χ4n) is 2.37. The van der Waals surface area contributed by atoms with E-state index in [9.17, 15) is 4.39 Å². The van der Waals surface area contributed by atoms with Crippen molar-refractivity contribution in [3.05, 3.63) is 58.4 Å². The molecule has 0 aliphatic rings. The van der Waals surface area contributed by atoms with Gasteiger partial charge in [0.05, 0.1) is 11.4 Å². The summed E-state index contributed by atoms with van der Waals surface area (Å²) in [7, 11) is 0.